The van der Waals surface area contributed by atoms with E-state index in [0.29, 0.717) is 24.2 Å². The summed E-state index contributed by atoms with van der Waals surface area (Å²) >= 11 is 0. The van der Waals surface area contributed by atoms with E-state index in [1.54, 1.807) is 28.9 Å². The third-order valence-corrected chi connectivity index (χ3v) is 3.52. The van der Waals surface area contributed by atoms with Crippen molar-refractivity contribution in [1.29, 1.82) is 0 Å². The van der Waals surface area contributed by atoms with Crippen LogP contribution < -0.4 is 10.6 Å². The number of carbonyl (C=O) groups excluding carboxylic acids is 2. The molecule has 2 N–H and O–H groups in total. The molecule has 0 aliphatic carbocycles. The lowest BCUT2D eigenvalue weighted by Crippen LogP contribution is -2.34. The van der Waals surface area contributed by atoms with Crippen molar-refractivity contribution in [1.82, 2.24) is 25.6 Å². The Bertz CT molecular complexity index is 854. The van der Waals surface area contributed by atoms with Gasteiger partial charge >= 0.3 is 0 Å². The molecule has 1 aromatic carbocycles. The number of benzene rings is 1. The minimum absolute atomic E-state index is 0.227. The van der Waals surface area contributed by atoms with E-state index in [4.69, 9.17) is 4.42 Å². The van der Waals surface area contributed by atoms with Gasteiger partial charge < -0.3 is 15.1 Å². The zero-order valence-electron chi connectivity index (χ0n) is 13.2. The normalized spacial score (nSPS) is 10.7. The lowest BCUT2D eigenvalue weighted by atomic mass is 10.2. The Morgan fingerprint density at radius 1 is 1.17 bits per heavy atom. The molecule has 2 aromatic heterocycles. The number of amides is 2. The second kappa shape index (κ2) is 6.95. The van der Waals surface area contributed by atoms with Gasteiger partial charge in [-0.2, -0.15) is 0 Å². The molecule has 0 saturated heterocycles. The number of nitrogens with zero attached hydrogens (tertiary/aromatic N) is 3. The van der Waals surface area contributed by atoms with E-state index < -0.39 is 0 Å². The first-order valence-electron chi connectivity index (χ1n) is 7.62. The molecule has 0 fully saturated rings. The predicted octanol–water partition coefficient (Wildman–Crippen LogP) is 1.20. The second-order valence-corrected chi connectivity index (χ2v) is 5.10. The molecule has 3 aromatic rings. The Morgan fingerprint density at radius 3 is 2.67 bits per heavy atom. The summed E-state index contributed by atoms with van der Waals surface area (Å²) in [7, 11) is 0. The number of aromatic nitrogens is 3. The van der Waals surface area contributed by atoms with E-state index in [9.17, 15) is 9.59 Å². The fraction of sp³-hybridized carbons (Fsp3) is 0.250. The molecule has 0 aliphatic rings. The van der Waals surface area contributed by atoms with Gasteiger partial charge in [-0.25, -0.2) is 4.68 Å². The summed E-state index contributed by atoms with van der Waals surface area (Å²) in [5.41, 5.74) is 2.07. The minimum Gasteiger partial charge on any atom is -0.459 e. The Kier molecular flexibility index (Phi) is 4.55. The van der Waals surface area contributed by atoms with E-state index in [-0.39, 0.29) is 17.6 Å². The van der Waals surface area contributed by atoms with Crippen molar-refractivity contribution in [3.8, 4) is 0 Å². The zero-order chi connectivity index (χ0) is 16.9. The molecule has 0 unspecified atom stereocenters. The van der Waals surface area contributed by atoms with Crippen molar-refractivity contribution < 1.29 is 14.0 Å². The average molecular weight is 327 g/mol. The highest BCUT2D eigenvalue weighted by Crippen LogP contribution is 2.13. The molecule has 3 rings (SSSR count). The molecule has 8 nitrogen and oxygen atoms in total. The summed E-state index contributed by atoms with van der Waals surface area (Å²) in [5, 5.41) is 13.5. The topological polar surface area (TPSA) is 102 Å². The van der Waals surface area contributed by atoms with E-state index in [1.807, 2.05) is 13.0 Å². The van der Waals surface area contributed by atoms with Crippen molar-refractivity contribution in [2.75, 3.05) is 13.1 Å². The van der Waals surface area contributed by atoms with Crippen LogP contribution in [-0.2, 0) is 6.54 Å². The number of aryl methyl sites for hydroxylation is 1. The number of nitrogens with one attached hydrogen (secondary N) is 2. The number of fused-ring (bicyclic) bond motifs is 1. The summed E-state index contributed by atoms with van der Waals surface area (Å²) in [6.07, 6.45) is 1.43. The lowest BCUT2D eigenvalue weighted by molar-refractivity contribution is 0.0910. The van der Waals surface area contributed by atoms with Crippen LogP contribution in [-0.4, -0.2) is 39.9 Å². The Morgan fingerprint density at radius 2 is 1.96 bits per heavy atom. The summed E-state index contributed by atoms with van der Waals surface area (Å²) in [6.45, 7) is 3.31. The van der Waals surface area contributed by atoms with E-state index >= 15 is 0 Å². The summed E-state index contributed by atoms with van der Waals surface area (Å²) in [5.74, 6) is -0.298. The molecule has 24 heavy (non-hydrogen) atoms. The smallest absolute Gasteiger partial charge is 0.287 e. The van der Waals surface area contributed by atoms with Gasteiger partial charge in [-0.3, -0.25) is 9.59 Å². The van der Waals surface area contributed by atoms with Gasteiger partial charge in [-0.15, -0.1) is 5.10 Å². The number of carbonyl (C=O) groups is 2. The molecule has 124 valence electrons. The van der Waals surface area contributed by atoms with E-state index in [0.717, 1.165) is 12.1 Å². The monoisotopic (exact) mass is 327 g/mol. The Balaban J connectivity index is 1.52. The van der Waals surface area contributed by atoms with E-state index in [2.05, 4.69) is 20.9 Å². The number of rotatable bonds is 6. The molecule has 0 bridgehead atoms. The van der Waals surface area contributed by atoms with Gasteiger partial charge in [0.2, 0.25) is 0 Å². The molecule has 0 radical (unpaired) electrons. The van der Waals surface area contributed by atoms with Crippen molar-refractivity contribution in [2.24, 2.45) is 0 Å². The highest BCUT2D eigenvalue weighted by molar-refractivity contribution is 5.97. The first-order valence-corrected chi connectivity index (χ1v) is 7.62. The molecule has 0 atom stereocenters. The van der Waals surface area contributed by atoms with Crippen LogP contribution in [0.2, 0.25) is 0 Å². The molecule has 0 saturated carbocycles. The van der Waals surface area contributed by atoms with Gasteiger partial charge in [0.25, 0.3) is 11.8 Å². The molecule has 2 heterocycles. The van der Waals surface area contributed by atoms with Crippen LogP contribution in [0.4, 0.5) is 0 Å². The van der Waals surface area contributed by atoms with Crippen molar-refractivity contribution in [3.05, 3.63) is 47.9 Å². The van der Waals surface area contributed by atoms with Crippen LogP contribution in [0, 0.1) is 0 Å². The van der Waals surface area contributed by atoms with E-state index in [1.165, 1.54) is 6.26 Å². The Labute approximate surface area is 137 Å². The maximum atomic E-state index is 12.1. The average Bonchev–Trinajstić information content (AvgIpc) is 3.26. The van der Waals surface area contributed by atoms with Gasteiger partial charge in [0.05, 0.1) is 11.8 Å². The standard InChI is InChI=1S/C16H17N5O3/c1-2-21-13-6-5-11(10-12(13)19-20-21)15(22)17-7-8-18-16(23)14-4-3-9-24-14/h3-6,9-10H,2,7-8H2,1H3,(H,17,22)(H,18,23). The zero-order valence-corrected chi connectivity index (χ0v) is 13.2. The van der Waals surface area contributed by atoms with Gasteiger partial charge in [0.15, 0.2) is 5.76 Å². The third kappa shape index (κ3) is 3.27. The highest BCUT2D eigenvalue weighted by atomic mass is 16.3. The maximum absolute atomic E-state index is 12.1. The van der Waals surface area contributed by atoms with Gasteiger partial charge in [0.1, 0.15) is 5.52 Å². The number of hydrogen-bond donors (Lipinski definition) is 2. The largest absolute Gasteiger partial charge is 0.459 e. The van der Waals surface area contributed by atoms with Crippen LogP contribution in [0.3, 0.4) is 0 Å². The lowest BCUT2D eigenvalue weighted by Gasteiger charge is -2.06. The van der Waals surface area contributed by atoms with Gasteiger partial charge in [-0.05, 0) is 37.3 Å². The summed E-state index contributed by atoms with van der Waals surface area (Å²) in [6, 6.07) is 8.47. The maximum Gasteiger partial charge on any atom is 0.287 e. The third-order valence-electron chi connectivity index (χ3n) is 3.52. The highest BCUT2D eigenvalue weighted by Gasteiger charge is 2.10. The Hall–Kier alpha value is -3.16. The molecular formula is C16H17N5O3. The molecule has 0 aliphatic heterocycles. The molecule has 0 spiro atoms. The summed E-state index contributed by atoms with van der Waals surface area (Å²) < 4.78 is 6.75. The molecule has 8 heteroatoms. The first kappa shape index (κ1) is 15.7. The fourth-order valence-electron chi connectivity index (χ4n) is 2.30. The number of hydrogen-bond acceptors (Lipinski definition) is 5. The van der Waals surface area contributed by atoms with Crippen LogP contribution in [0.15, 0.2) is 41.0 Å². The SMILES string of the molecule is CCn1nnc2cc(C(=O)NCCNC(=O)c3ccco3)ccc21. The van der Waals surface area contributed by atoms with Crippen LogP contribution in [0.1, 0.15) is 27.8 Å². The van der Waals surface area contributed by atoms with Crippen LogP contribution in [0.25, 0.3) is 11.0 Å². The first-order chi connectivity index (χ1) is 11.7. The fourth-order valence-corrected chi connectivity index (χ4v) is 2.30. The van der Waals surface area contributed by atoms with Crippen LogP contribution in [0.5, 0.6) is 0 Å². The predicted molar refractivity (Wildman–Crippen MR) is 86.6 cm³/mol. The van der Waals surface area contributed by atoms with Crippen LogP contribution >= 0.6 is 0 Å². The van der Waals surface area contributed by atoms with Gasteiger partial charge in [0, 0.05) is 25.2 Å². The molecule has 2 amide bonds. The minimum atomic E-state index is -0.313. The van der Waals surface area contributed by atoms with Crippen molar-refractivity contribution in [2.45, 2.75) is 13.5 Å². The van der Waals surface area contributed by atoms with Gasteiger partial charge in [-0.1, -0.05) is 5.21 Å². The van der Waals surface area contributed by atoms with Crippen molar-refractivity contribution >= 4 is 22.8 Å². The second-order valence-electron chi connectivity index (χ2n) is 5.10. The van der Waals surface area contributed by atoms with Crippen molar-refractivity contribution in [3.63, 3.8) is 0 Å². The number of furan rings is 1. The summed E-state index contributed by atoms with van der Waals surface area (Å²) in [4.78, 5) is 23.8. The molecular weight excluding hydrogens is 310 g/mol. The quantitative estimate of drug-likeness (QED) is 0.662.